The van der Waals surface area contributed by atoms with Gasteiger partial charge in [0.25, 0.3) is 5.91 Å². The lowest BCUT2D eigenvalue weighted by Crippen LogP contribution is -2.46. The van der Waals surface area contributed by atoms with Crippen molar-refractivity contribution in [2.75, 3.05) is 18.0 Å². The van der Waals surface area contributed by atoms with E-state index in [9.17, 15) is 9.59 Å². The number of urea groups is 1. The van der Waals surface area contributed by atoms with Crippen molar-refractivity contribution >= 4 is 23.3 Å². The molecule has 1 fully saturated rings. The molecule has 0 bridgehead atoms. The first-order chi connectivity index (χ1) is 13.0. The van der Waals surface area contributed by atoms with Gasteiger partial charge in [-0.25, -0.2) is 10.2 Å². The Kier molecular flexibility index (Phi) is 6.11. The molecule has 1 saturated carbocycles. The number of fused-ring (bicyclic) bond motifs is 1. The van der Waals surface area contributed by atoms with Crippen molar-refractivity contribution in [3.05, 3.63) is 29.8 Å². The number of amides is 3. The molecule has 0 spiro atoms. The number of rotatable bonds is 6. The summed E-state index contributed by atoms with van der Waals surface area (Å²) < 4.78 is 0. The van der Waals surface area contributed by atoms with Crippen LogP contribution in [0, 0.1) is 0 Å². The quantitative estimate of drug-likeness (QED) is 0.753. The Labute approximate surface area is 160 Å². The van der Waals surface area contributed by atoms with E-state index in [2.05, 4.69) is 29.3 Å². The van der Waals surface area contributed by atoms with Gasteiger partial charge >= 0.3 is 6.03 Å². The molecule has 3 N–H and O–H groups in total. The molecule has 3 amide bonds. The van der Waals surface area contributed by atoms with E-state index in [0.717, 1.165) is 17.8 Å². The van der Waals surface area contributed by atoms with Gasteiger partial charge in [0.1, 0.15) is 0 Å². The van der Waals surface area contributed by atoms with Crippen LogP contribution < -0.4 is 16.1 Å². The largest absolute Gasteiger partial charge is 0.350 e. The Hall–Kier alpha value is -2.41. The SMILES string of the molecule is CC(C)N(CCN1C(=O)C(=NNC(N)=O)c2ccccc21)C1CCCCC1. The number of hydrogen-bond acceptors (Lipinski definition) is 4. The predicted octanol–water partition coefficient (Wildman–Crippen LogP) is 2.45. The highest BCUT2D eigenvalue weighted by Gasteiger charge is 2.34. The molecule has 1 aliphatic heterocycles. The smallest absolute Gasteiger partial charge is 0.332 e. The summed E-state index contributed by atoms with van der Waals surface area (Å²) >= 11 is 0. The number of nitrogens with zero attached hydrogens (tertiary/aromatic N) is 3. The number of nitrogens with two attached hydrogens (primary N) is 1. The summed E-state index contributed by atoms with van der Waals surface area (Å²) in [5, 5.41) is 3.93. The highest BCUT2D eigenvalue weighted by molar-refractivity contribution is 6.54. The van der Waals surface area contributed by atoms with E-state index in [1.165, 1.54) is 32.1 Å². The fraction of sp³-hybridized carbons (Fsp3) is 0.550. The van der Waals surface area contributed by atoms with Gasteiger partial charge in [-0.05, 0) is 32.8 Å². The number of anilines is 1. The minimum Gasteiger partial charge on any atom is -0.350 e. The zero-order valence-corrected chi connectivity index (χ0v) is 16.1. The highest BCUT2D eigenvalue weighted by atomic mass is 16.2. The summed E-state index contributed by atoms with van der Waals surface area (Å²) in [6.07, 6.45) is 6.37. The number of hydrogen-bond donors (Lipinski definition) is 2. The van der Waals surface area contributed by atoms with Gasteiger partial charge in [-0.2, -0.15) is 5.10 Å². The number of primary amides is 1. The summed E-state index contributed by atoms with van der Waals surface area (Å²) in [6, 6.07) is 7.77. The van der Waals surface area contributed by atoms with Crippen molar-refractivity contribution in [2.24, 2.45) is 10.8 Å². The Morgan fingerprint density at radius 2 is 2.00 bits per heavy atom. The van der Waals surface area contributed by atoms with Crippen molar-refractivity contribution in [1.29, 1.82) is 0 Å². The van der Waals surface area contributed by atoms with E-state index < -0.39 is 6.03 Å². The maximum atomic E-state index is 12.9. The minimum absolute atomic E-state index is 0.197. The molecule has 0 aromatic heterocycles. The first kappa shape index (κ1) is 19.4. The van der Waals surface area contributed by atoms with E-state index in [-0.39, 0.29) is 11.6 Å². The standard InChI is InChI=1S/C20H29N5O2/c1-14(2)24(15-8-4-3-5-9-15)12-13-25-17-11-7-6-10-16(17)18(19(25)26)22-23-20(21)27/h6-7,10-11,14-15H,3-5,8-9,12-13H2,1-2H3,(H3,21,23,27). The molecule has 0 radical (unpaired) electrons. The lowest BCUT2D eigenvalue weighted by Gasteiger charge is -2.38. The maximum absolute atomic E-state index is 12.9. The summed E-state index contributed by atoms with van der Waals surface area (Å²) in [7, 11) is 0. The molecule has 1 heterocycles. The first-order valence-electron chi connectivity index (χ1n) is 9.79. The van der Waals surface area contributed by atoms with E-state index in [4.69, 9.17) is 5.73 Å². The number of benzene rings is 1. The topological polar surface area (TPSA) is 91.0 Å². The fourth-order valence-corrected chi connectivity index (χ4v) is 4.19. The van der Waals surface area contributed by atoms with Gasteiger partial charge < -0.3 is 10.6 Å². The predicted molar refractivity (Wildman–Crippen MR) is 107 cm³/mol. The molecule has 2 aliphatic rings. The maximum Gasteiger partial charge on any atom is 0.332 e. The third-order valence-corrected chi connectivity index (χ3v) is 5.46. The van der Waals surface area contributed by atoms with Gasteiger partial charge in [-0.1, -0.05) is 37.5 Å². The molecular formula is C20H29N5O2. The number of carbonyl (C=O) groups excluding carboxylic acids is 2. The molecule has 27 heavy (non-hydrogen) atoms. The Bertz CT molecular complexity index is 725. The van der Waals surface area contributed by atoms with Crippen LogP contribution in [0.1, 0.15) is 51.5 Å². The van der Waals surface area contributed by atoms with Gasteiger partial charge in [0, 0.05) is 30.7 Å². The number of nitrogens with one attached hydrogen (secondary N) is 1. The van der Waals surface area contributed by atoms with Crippen LogP contribution >= 0.6 is 0 Å². The Balaban J connectivity index is 1.76. The Morgan fingerprint density at radius 3 is 2.67 bits per heavy atom. The first-order valence-corrected chi connectivity index (χ1v) is 9.79. The average Bonchev–Trinajstić information content (AvgIpc) is 2.92. The monoisotopic (exact) mass is 371 g/mol. The molecule has 7 heteroatoms. The number of para-hydroxylation sites is 1. The third-order valence-electron chi connectivity index (χ3n) is 5.46. The van der Waals surface area contributed by atoms with Crippen LogP contribution in [0.5, 0.6) is 0 Å². The van der Waals surface area contributed by atoms with Crippen LogP contribution in [0.3, 0.4) is 0 Å². The fourth-order valence-electron chi connectivity index (χ4n) is 4.19. The molecule has 1 aliphatic carbocycles. The van der Waals surface area contributed by atoms with Gasteiger partial charge in [0.2, 0.25) is 0 Å². The molecule has 7 nitrogen and oxygen atoms in total. The zero-order valence-electron chi connectivity index (χ0n) is 16.1. The minimum atomic E-state index is -0.783. The second kappa shape index (κ2) is 8.52. The summed E-state index contributed by atoms with van der Waals surface area (Å²) in [5.74, 6) is -0.197. The molecule has 0 unspecified atom stereocenters. The van der Waals surface area contributed by atoms with Crippen molar-refractivity contribution in [3.63, 3.8) is 0 Å². The van der Waals surface area contributed by atoms with E-state index in [1.807, 2.05) is 24.3 Å². The third kappa shape index (κ3) is 4.30. The van der Waals surface area contributed by atoms with Crippen LogP contribution in [0.15, 0.2) is 29.4 Å². The van der Waals surface area contributed by atoms with E-state index >= 15 is 0 Å². The van der Waals surface area contributed by atoms with Gasteiger partial charge in [-0.15, -0.1) is 0 Å². The van der Waals surface area contributed by atoms with E-state index in [1.54, 1.807) is 4.90 Å². The van der Waals surface area contributed by atoms with E-state index in [0.29, 0.717) is 18.6 Å². The van der Waals surface area contributed by atoms with Crippen molar-refractivity contribution in [2.45, 2.75) is 58.0 Å². The molecule has 1 aromatic rings. The lowest BCUT2D eigenvalue weighted by molar-refractivity contribution is -0.112. The van der Waals surface area contributed by atoms with Gasteiger partial charge in [-0.3, -0.25) is 9.69 Å². The molecule has 0 atom stereocenters. The second-order valence-electron chi connectivity index (χ2n) is 7.53. The molecule has 1 aromatic carbocycles. The van der Waals surface area contributed by atoms with Crippen molar-refractivity contribution in [3.8, 4) is 0 Å². The number of hydrazone groups is 1. The van der Waals surface area contributed by atoms with Crippen LogP contribution in [0.25, 0.3) is 0 Å². The van der Waals surface area contributed by atoms with Crippen LogP contribution in [0.4, 0.5) is 10.5 Å². The molecule has 0 saturated heterocycles. The highest BCUT2D eigenvalue weighted by Crippen LogP contribution is 2.30. The van der Waals surface area contributed by atoms with Gasteiger partial charge in [0.05, 0.1) is 5.69 Å². The summed E-state index contributed by atoms with van der Waals surface area (Å²) in [6.45, 7) is 5.86. The molecule has 3 rings (SSSR count). The average molecular weight is 371 g/mol. The zero-order chi connectivity index (χ0) is 19.4. The normalized spacial score (nSPS) is 19.2. The van der Waals surface area contributed by atoms with Crippen LogP contribution in [-0.4, -0.2) is 47.7 Å². The summed E-state index contributed by atoms with van der Waals surface area (Å²) in [5.41, 5.74) is 9.07. The summed E-state index contributed by atoms with van der Waals surface area (Å²) in [4.78, 5) is 28.2. The van der Waals surface area contributed by atoms with Gasteiger partial charge in [0.15, 0.2) is 5.71 Å². The van der Waals surface area contributed by atoms with Crippen LogP contribution in [-0.2, 0) is 4.79 Å². The Morgan fingerprint density at radius 1 is 1.30 bits per heavy atom. The van der Waals surface area contributed by atoms with Crippen molar-refractivity contribution in [1.82, 2.24) is 10.3 Å². The number of carbonyl (C=O) groups is 2. The lowest BCUT2D eigenvalue weighted by atomic mass is 9.93. The molecular weight excluding hydrogens is 342 g/mol. The van der Waals surface area contributed by atoms with Crippen molar-refractivity contribution < 1.29 is 9.59 Å². The van der Waals surface area contributed by atoms with Crippen LogP contribution in [0.2, 0.25) is 0 Å². The second-order valence-corrected chi connectivity index (χ2v) is 7.53. The molecule has 146 valence electrons.